The number of hydrogen-bond acceptors (Lipinski definition) is 7. The standard InChI is InChI=1S/C15H22N4O4S/c1-12-10-14(19(20)21)11-16-15(12)18-4-2-13(3-5-18)17-6-8-24(22,23)9-7-17/h10-11,13H,2-9H2,1H3. The second-order valence-electron chi connectivity index (χ2n) is 6.50. The van der Waals surface area contributed by atoms with Gasteiger partial charge in [0.1, 0.15) is 12.0 Å². The van der Waals surface area contributed by atoms with Gasteiger partial charge in [-0.1, -0.05) is 0 Å². The summed E-state index contributed by atoms with van der Waals surface area (Å²) in [6.45, 7) is 4.76. The Morgan fingerprint density at radius 2 is 1.83 bits per heavy atom. The van der Waals surface area contributed by atoms with E-state index >= 15 is 0 Å². The fourth-order valence-corrected chi connectivity index (χ4v) is 4.75. The Kier molecular flexibility index (Phi) is 4.73. The van der Waals surface area contributed by atoms with Crippen molar-refractivity contribution >= 4 is 21.3 Å². The van der Waals surface area contributed by atoms with Crippen LogP contribution in [-0.2, 0) is 9.84 Å². The molecule has 8 nitrogen and oxygen atoms in total. The van der Waals surface area contributed by atoms with Gasteiger partial charge in [0.2, 0.25) is 0 Å². The van der Waals surface area contributed by atoms with Crippen LogP contribution in [0.15, 0.2) is 12.3 Å². The van der Waals surface area contributed by atoms with Crippen LogP contribution in [0.4, 0.5) is 11.5 Å². The highest BCUT2D eigenvalue weighted by atomic mass is 32.2. The Labute approximate surface area is 141 Å². The number of hydrogen-bond donors (Lipinski definition) is 0. The zero-order valence-corrected chi connectivity index (χ0v) is 14.5. The molecule has 132 valence electrons. The van der Waals surface area contributed by atoms with Gasteiger partial charge in [-0.2, -0.15) is 0 Å². The van der Waals surface area contributed by atoms with Crippen molar-refractivity contribution in [2.75, 3.05) is 42.6 Å². The maximum Gasteiger partial charge on any atom is 0.287 e. The predicted octanol–water partition coefficient (Wildman–Crippen LogP) is 0.997. The highest BCUT2D eigenvalue weighted by Gasteiger charge is 2.30. The molecule has 3 rings (SSSR count). The van der Waals surface area contributed by atoms with Crippen molar-refractivity contribution in [3.63, 3.8) is 0 Å². The van der Waals surface area contributed by atoms with Crippen molar-refractivity contribution in [1.29, 1.82) is 0 Å². The number of nitro groups is 1. The molecule has 0 unspecified atom stereocenters. The van der Waals surface area contributed by atoms with Crippen molar-refractivity contribution in [3.05, 3.63) is 27.9 Å². The smallest absolute Gasteiger partial charge is 0.287 e. The maximum absolute atomic E-state index is 11.5. The Bertz CT molecular complexity index is 715. The van der Waals surface area contributed by atoms with E-state index in [1.807, 2.05) is 6.92 Å². The SMILES string of the molecule is Cc1cc([N+](=O)[O-])cnc1N1CCC(N2CCS(=O)(=O)CC2)CC1. The maximum atomic E-state index is 11.5. The second-order valence-corrected chi connectivity index (χ2v) is 8.80. The normalized spacial score (nSPS) is 22.5. The van der Waals surface area contributed by atoms with Gasteiger partial charge in [0.05, 0.1) is 16.4 Å². The summed E-state index contributed by atoms with van der Waals surface area (Å²) in [6.07, 6.45) is 3.22. The fraction of sp³-hybridized carbons (Fsp3) is 0.667. The topological polar surface area (TPSA) is 96.7 Å². The van der Waals surface area contributed by atoms with Crippen LogP contribution in [0.3, 0.4) is 0 Å². The molecule has 0 bridgehead atoms. The quantitative estimate of drug-likeness (QED) is 0.590. The Morgan fingerprint density at radius 3 is 2.38 bits per heavy atom. The number of aryl methyl sites for hydroxylation is 1. The van der Waals surface area contributed by atoms with Crippen LogP contribution in [0.25, 0.3) is 0 Å². The average Bonchev–Trinajstić information content (AvgIpc) is 2.55. The van der Waals surface area contributed by atoms with Gasteiger partial charge in [-0.05, 0) is 25.3 Å². The van der Waals surface area contributed by atoms with Crippen molar-refractivity contribution < 1.29 is 13.3 Å². The summed E-state index contributed by atoms with van der Waals surface area (Å²) in [4.78, 5) is 19.1. The van der Waals surface area contributed by atoms with E-state index in [1.54, 1.807) is 6.07 Å². The summed E-state index contributed by atoms with van der Waals surface area (Å²) in [7, 11) is -2.84. The molecule has 2 fully saturated rings. The first-order valence-corrected chi connectivity index (χ1v) is 9.98. The molecule has 9 heteroatoms. The fourth-order valence-electron chi connectivity index (χ4n) is 3.52. The minimum absolute atomic E-state index is 0.0145. The van der Waals surface area contributed by atoms with E-state index in [2.05, 4.69) is 14.8 Å². The van der Waals surface area contributed by atoms with Gasteiger partial charge in [0, 0.05) is 38.3 Å². The van der Waals surface area contributed by atoms with Crippen LogP contribution in [0.1, 0.15) is 18.4 Å². The van der Waals surface area contributed by atoms with Crippen molar-refractivity contribution in [2.24, 2.45) is 0 Å². The summed E-state index contributed by atoms with van der Waals surface area (Å²) in [6, 6.07) is 1.97. The summed E-state index contributed by atoms with van der Waals surface area (Å²) in [5.74, 6) is 1.33. The molecule has 1 aromatic heterocycles. The molecule has 0 radical (unpaired) electrons. The van der Waals surface area contributed by atoms with Crippen LogP contribution in [0, 0.1) is 17.0 Å². The molecule has 0 N–H and O–H groups in total. The van der Waals surface area contributed by atoms with Gasteiger partial charge < -0.3 is 4.90 Å². The van der Waals surface area contributed by atoms with E-state index in [-0.39, 0.29) is 17.2 Å². The number of rotatable bonds is 3. The lowest BCUT2D eigenvalue weighted by molar-refractivity contribution is -0.385. The molecule has 0 spiro atoms. The first-order valence-electron chi connectivity index (χ1n) is 8.16. The largest absolute Gasteiger partial charge is 0.356 e. The van der Waals surface area contributed by atoms with Gasteiger partial charge in [0.25, 0.3) is 5.69 Å². The minimum Gasteiger partial charge on any atom is -0.356 e. The predicted molar refractivity (Wildman–Crippen MR) is 91.1 cm³/mol. The molecule has 0 aromatic carbocycles. The minimum atomic E-state index is -2.84. The average molecular weight is 354 g/mol. The van der Waals surface area contributed by atoms with Gasteiger partial charge in [0.15, 0.2) is 9.84 Å². The number of piperidine rings is 1. The van der Waals surface area contributed by atoms with Crippen LogP contribution >= 0.6 is 0 Å². The highest BCUT2D eigenvalue weighted by molar-refractivity contribution is 7.91. The van der Waals surface area contributed by atoms with Crippen molar-refractivity contribution in [2.45, 2.75) is 25.8 Å². The number of anilines is 1. The molecule has 1 aromatic rings. The monoisotopic (exact) mass is 354 g/mol. The highest BCUT2D eigenvalue weighted by Crippen LogP contribution is 2.26. The summed E-state index contributed by atoms with van der Waals surface area (Å²) >= 11 is 0. The molecule has 0 amide bonds. The third kappa shape index (κ3) is 3.67. The third-order valence-corrected chi connectivity index (χ3v) is 6.52. The van der Waals surface area contributed by atoms with E-state index in [4.69, 9.17) is 0 Å². The molecule has 2 aliphatic heterocycles. The van der Waals surface area contributed by atoms with Crippen LogP contribution in [0.5, 0.6) is 0 Å². The van der Waals surface area contributed by atoms with Gasteiger partial charge in [-0.25, -0.2) is 13.4 Å². The summed E-state index contributed by atoms with van der Waals surface area (Å²) in [5, 5.41) is 10.8. The summed E-state index contributed by atoms with van der Waals surface area (Å²) < 4.78 is 23.1. The lowest BCUT2D eigenvalue weighted by atomic mass is 10.0. The van der Waals surface area contributed by atoms with E-state index in [0.29, 0.717) is 19.1 Å². The van der Waals surface area contributed by atoms with Crippen molar-refractivity contribution in [3.8, 4) is 0 Å². The van der Waals surface area contributed by atoms with Crippen molar-refractivity contribution in [1.82, 2.24) is 9.88 Å². The molecule has 2 saturated heterocycles. The molecule has 24 heavy (non-hydrogen) atoms. The van der Waals surface area contributed by atoms with E-state index in [0.717, 1.165) is 37.3 Å². The molecular formula is C15H22N4O4S. The molecule has 3 heterocycles. The Morgan fingerprint density at radius 1 is 1.21 bits per heavy atom. The Balaban J connectivity index is 1.60. The number of sulfone groups is 1. The number of aromatic nitrogens is 1. The first kappa shape index (κ1) is 17.1. The molecular weight excluding hydrogens is 332 g/mol. The lowest BCUT2D eigenvalue weighted by Crippen LogP contribution is -2.50. The van der Waals surface area contributed by atoms with Crippen LogP contribution in [-0.4, -0.2) is 67.0 Å². The van der Waals surface area contributed by atoms with Gasteiger partial charge in [-0.15, -0.1) is 0 Å². The lowest BCUT2D eigenvalue weighted by Gasteiger charge is -2.40. The molecule has 0 atom stereocenters. The zero-order chi connectivity index (χ0) is 17.3. The molecule has 0 aliphatic carbocycles. The van der Waals surface area contributed by atoms with Gasteiger partial charge >= 0.3 is 0 Å². The number of nitrogens with zero attached hydrogens (tertiary/aromatic N) is 4. The summed E-state index contributed by atoms with van der Waals surface area (Å²) in [5.41, 5.74) is 0.826. The second kappa shape index (κ2) is 6.64. The van der Waals surface area contributed by atoms with Gasteiger partial charge in [-0.3, -0.25) is 15.0 Å². The van der Waals surface area contributed by atoms with Crippen LogP contribution in [0.2, 0.25) is 0 Å². The zero-order valence-electron chi connectivity index (χ0n) is 13.7. The third-order valence-electron chi connectivity index (χ3n) is 4.91. The Hall–Kier alpha value is -1.74. The molecule has 0 saturated carbocycles. The van der Waals surface area contributed by atoms with Crippen LogP contribution < -0.4 is 4.90 Å². The molecule has 2 aliphatic rings. The number of pyridine rings is 1. The first-order chi connectivity index (χ1) is 11.4. The van der Waals surface area contributed by atoms with E-state index in [1.165, 1.54) is 6.20 Å². The van der Waals surface area contributed by atoms with E-state index in [9.17, 15) is 18.5 Å². The van der Waals surface area contributed by atoms with E-state index < -0.39 is 14.8 Å².